The second-order valence-corrected chi connectivity index (χ2v) is 11.6. The van der Waals surface area contributed by atoms with Crippen molar-refractivity contribution in [2.24, 2.45) is 0 Å². The molecule has 3 aromatic rings. The van der Waals surface area contributed by atoms with E-state index in [1.807, 2.05) is 24.0 Å². The van der Waals surface area contributed by atoms with Gasteiger partial charge in [0.25, 0.3) is 5.91 Å². The van der Waals surface area contributed by atoms with Crippen LogP contribution in [0.3, 0.4) is 0 Å². The third-order valence-electron chi connectivity index (χ3n) is 8.25. The number of nitrogens with zero attached hydrogens (tertiary/aromatic N) is 2. The molecule has 2 amide bonds. The fourth-order valence-electron chi connectivity index (χ4n) is 5.82. The van der Waals surface area contributed by atoms with Crippen LogP contribution in [-0.2, 0) is 16.0 Å². The summed E-state index contributed by atoms with van der Waals surface area (Å²) in [4.78, 5) is 30.1. The summed E-state index contributed by atoms with van der Waals surface area (Å²) in [7, 11) is 0. The maximum absolute atomic E-state index is 13.7. The van der Waals surface area contributed by atoms with E-state index >= 15 is 0 Å². The topological polar surface area (TPSA) is 124 Å². The standard InChI is InChI=1S/C34H40F2N6O3/c1-2-3-32(43)42-12-10-41(11-13-42)27-5-6-28(31(21-27)39-26-8-14-45-15-9-26)34(44)40-33(38)29-19-22(4-7-30(29)37)16-23-17-24(35)20-25(36)18-23/h4-7,17-21,26,39H,2-3,8-16,37H2,1H3,(H2,38,40,44). The summed E-state index contributed by atoms with van der Waals surface area (Å²) in [6.07, 6.45) is 3.22. The van der Waals surface area contributed by atoms with Crippen LogP contribution in [0.5, 0.6) is 0 Å². The number of nitrogens with one attached hydrogen (secondary N) is 3. The Morgan fingerprint density at radius 1 is 0.933 bits per heavy atom. The molecule has 2 saturated heterocycles. The number of anilines is 3. The normalized spacial score (nSPS) is 15.5. The summed E-state index contributed by atoms with van der Waals surface area (Å²) >= 11 is 0. The first-order valence-electron chi connectivity index (χ1n) is 15.4. The number of amidine groups is 1. The molecule has 0 saturated carbocycles. The summed E-state index contributed by atoms with van der Waals surface area (Å²) in [6, 6.07) is 14.1. The smallest absolute Gasteiger partial charge is 0.258 e. The van der Waals surface area contributed by atoms with E-state index < -0.39 is 17.5 Å². The summed E-state index contributed by atoms with van der Waals surface area (Å²) in [5, 5.41) is 14.9. The largest absolute Gasteiger partial charge is 0.398 e. The summed E-state index contributed by atoms with van der Waals surface area (Å²) in [5.41, 5.74) is 9.90. The van der Waals surface area contributed by atoms with Crippen LogP contribution in [0.25, 0.3) is 0 Å². The number of nitrogen functional groups attached to an aromatic ring is 1. The number of amides is 2. The number of halogens is 2. The van der Waals surface area contributed by atoms with Crippen molar-refractivity contribution in [2.75, 3.05) is 55.3 Å². The van der Waals surface area contributed by atoms with Gasteiger partial charge in [-0.2, -0.15) is 0 Å². The van der Waals surface area contributed by atoms with Crippen molar-refractivity contribution in [2.45, 2.75) is 45.1 Å². The molecule has 0 atom stereocenters. The van der Waals surface area contributed by atoms with Crippen molar-refractivity contribution in [3.8, 4) is 0 Å². The molecule has 238 valence electrons. The fourth-order valence-corrected chi connectivity index (χ4v) is 5.82. The van der Waals surface area contributed by atoms with Crippen LogP contribution in [0.2, 0.25) is 0 Å². The Morgan fingerprint density at radius 3 is 2.33 bits per heavy atom. The number of piperazine rings is 1. The van der Waals surface area contributed by atoms with Gasteiger partial charge in [-0.1, -0.05) is 13.0 Å². The quantitative estimate of drug-likeness (QED) is 0.153. The molecule has 11 heteroatoms. The Labute approximate surface area is 262 Å². The van der Waals surface area contributed by atoms with Gasteiger partial charge in [0.1, 0.15) is 17.5 Å². The molecule has 0 radical (unpaired) electrons. The Bertz CT molecular complexity index is 1530. The summed E-state index contributed by atoms with van der Waals surface area (Å²) in [5.74, 6) is -1.79. The molecule has 3 aromatic carbocycles. The molecule has 5 N–H and O–H groups in total. The molecule has 2 aliphatic rings. The molecule has 9 nitrogen and oxygen atoms in total. The fraction of sp³-hybridized carbons (Fsp3) is 0.382. The van der Waals surface area contributed by atoms with Gasteiger partial charge in [0.05, 0.1) is 5.56 Å². The van der Waals surface area contributed by atoms with E-state index in [2.05, 4.69) is 15.5 Å². The minimum Gasteiger partial charge on any atom is -0.398 e. The van der Waals surface area contributed by atoms with E-state index in [0.717, 1.165) is 31.0 Å². The van der Waals surface area contributed by atoms with Crippen LogP contribution in [-0.4, -0.2) is 68.0 Å². The molecule has 2 heterocycles. The first-order chi connectivity index (χ1) is 21.7. The highest BCUT2D eigenvalue weighted by Gasteiger charge is 2.24. The third-order valence-corrected chi connectivity index (χ3v) is 8.25. The van der Waals surface area contributed by atoms with Crippen molar-refractivity contribution in [1.82, 2.24) is 10.2 Å². The monoisotopic (exact) mass is 618 g/mol. The first-order valence-corrected chi connectivity index (χ1v) is 15.4. The minimum absolute atomic E-state index is 0.128. The average molecular weight is 619 g/mol. The van der Waals surface area contributed by atoms with E-state index in [4.69, 9.17) is 15.9 Å². The molecule has 0 spiro atoms. The van der Waals surface area contributed by atoms with Gasteiger partial charge in [-0.25, -0.2) is 8.78 Å². The molecule has 0 unspecified atom stereocenters. The van der Waals surface area contributed by atoms with Crippen LogP contribution < -0.4 is 21.3 Å². The van der Waals surface area contributed by atoms with Gasteiger partial charge in [0, 0.05) is 80.5 Å². The minimum atomic E-state index is -0.666. The van der Waals surface area contributed by atoms with Crippen molar-refractivity contribution in [3.63, 3.8) is 0 Å². The molecule has 0 aliphatic carbocycles. The second kappa shape index (κ2) is 14.5. The highest BCUT2D eigenvalue weighted by Crippen LogP contribution is 2.28. The Hall–Kier alpha value is -4.51. The Morgan fingerprint density at radius 2 is 1.64 bits per heavy atom. The van der Waals surface area contributed by atoms with Crippen LogP contribution in [0.4, 0.5) is 25.8 Å². The number of hydrogen-bond acceptors (Lipinski definition) is 7. The maximum Gasteiger partial charge on any atom is 0.258 e. The lowest BCUT2D eigenvalue weighted by molar-refractivity contribution is -0.131. The van der Waals surface area contributed by atoms with Gasteiger partial charge in [-0.3, -0.25) is 15.0 Å². The van der Waals surface area contributed by atoms with Gasteiger partial charge >= 0.3 is 0 Å². The predicted octanol–water partition coefficient (Wildman–Crippen LogP) is 4.93. The number of ether oxygens (including phenoxy) is 1. The number of carbonyl (C=O) groups excluding carboxylic acids is 2. The van der Waals surface area contributed by atoms with Crippen molar-refractivity contribution in [1.29, 1.82) is 5.41 Å². The zero-order valence-electron chi connectivity index (χ0n) is 25.5. The van der Waals surface area contributed by atoms with Gasteiger partial charge in [0.15, 0.2) is 0 Å². The van der Waals surface area contributed by atoms with Crippen LogP contribution >= 0.6 is 0 Å². The van der Waals surface area contributed by atoms with Gasteiger partial charge < -0.3 is 30.9 Å². The molecule has 0 aromatic heterocycles. The number of benzene rings is 3. The Balaban J connectivity index is 1.33. The van der Waals surface area contributed by atoms with Crippen molar-refractivity contribution < 1.29 is 23.1 Å². The molecule has 5 rings (SSSR count). The maximum atomic E-state index is 13.7. The molecule has 45 heavy (non-hydrogen) atoms. The average Bonchev–Trinajstić information content (AvgIpc) is 3.02. The van der Waals surface area contributed by atoms with Crippen molar-refractivity contribution >= 4 is 34.7 Å². The van der Waals surface area contributed by atoms with Gasteiger partial charge in [0.2, 0.25) is 5.91 Å². The predicted molar refractivity (Wildman–Crippen MR) is 172 cm³/mol. The summed E-state index contributed by atoms with van der Waals surface area (Å²) < 4.78 is 33.0. The molecule has 2 fully saturated rings. The van der Waals surface area contributed by atoms with E-state index in [1.165, 1.54) is 12.1 Å². The molecular weight excluding hydrogens is 578 g/mol. The van der Waals surface area contributed by atoms with Crippen molar-refractivity contribution in [3.05, 3.63) is 88.5 Å². The van der Waals surface area contributed by atoms with Gasteiger partial charge in [-0.15, -0.1) is 0 Å². The van der Waals surface area contributed by atoms with Crippen LogP contribution in [0.1, 0.15) is 59.7 Å². The lowest BCUT2D eigenvalue weighted by Gasteiger charge is -2.36. The van der Waals surface area contributed by atoms with E-state index in [-0.39, 0.29) is 24.2 Å². The highest BCUT2D eigenvalue weighted by molar-refractivity contribution is 6.15. The number of rotatable bonds is 9. The number of nitrogens with two attached hydrogens (primary N) is 1. The molecular formula is C34H40F2N6O3. The third kappa shape index (κ3) is 8.16. The second-order valence-electron chi connectivity index (χ2n) is 11.6. The van der Waals surface area contributed by atoms with E-state index in [0.29, 0.717) is 79.4 Å². The molecule has 2 aliphatic heterocycles. The lowest BCUT2D eigenvalue weighted by Crippen LogP contribution is -2.48. The zero-order chi connectivity index (χ0) is 31.9. The highest BCUT2D eigenvalue weighted by atomic mass is 19.1. The van der Waals surface area contributed by atoms with Crippen LogP contribution in [0, 0.1) is 17.0 Å². The van der Waals surface area contributed by atoms with Crippen LogP contribution in [0.15, 0.2) is 54.6 Å². The number of carbonyl (C=O) groups is 2. The lowest BCUT2D eigenvalue weighted by atomic mass is 10.0. The Kier molecular flexibility index (Phi) is 10.3. The van der Waals surface area contributed by atoms with E-state index in [9.17, 15) is 18.4 Å². The molecule has 0 bridgehead atoms. The SMILES string of the molecule is CCCC(=O)N1CCN(c2ccc(C(=O)NC(=N)c3cc(Cc4cc(F)cc(F)c4)ccc3N)c(NC3CCOCC3)c2)CC1. The zero-order valence-corrected chi connectivity index (χ0v) is 25.5. The first kappa shape index (κ1) is 31.9. The number of hydrogen-bond donors (Lipinski definition) is 4. The van der Waals surface area contributed by atoms with E-state index in [1.54, 1.807) is 24.3 Å². The van der Waals surface area contributed by atoms with Gasteiger partial charge in [-0.05, 0) is 79.3 Å². The summed E-state index contributed by atoms with van der Waals surface area (Å²) in [6.45, 7) is 5.96.